The van der Waals surface area contributed by atoms with E-state index in [1.807, 2.05) is 0 Å². The van der Waals surface area contributed by atoms with Gasteiger partial charge in [0.05, 0.1) is 22.9 Å². The van der Waals surface area contributed by atoms with Crippen molar-refractivity contribution in [2.24, 2.45) is 4.99 Å². The summed E-state index contributed by atoms with van der Waals surface area (Å²) < 4.78 is 15.4. The van der Waals surface area contributed by atoms with Crippen molar-refractivity contribution in [1.82, 2.24) is 24.6 Å². The number of hydrogen-bond donors (Lipinski definition) is 4. The molecule has 0 radical (unpaired) electrons. The monoisotopic (exact) mass is 427 g/mol. The number of aromatic hydroxyl groups is 1. The molecular formula is C19H15ClFN7O2. The highest BCUT2D eigenvalue weighted by Crippen LogP contribution is 2.27. The van der Waals surface area contributed by atoms with Crippen LogP contribution >= 0.6 is 11.6 Å². The number of aromatic amines is 2. The largest absolute Gasteiger partial charge is 0.493 e. The predicted molar refractivity (Wildman–Crippen MR) is 108 cm³/mol. The van der Waals surface area contributed by atoms with Crippen LogP contribution in [0.5, 0.6) is 5.88 Å². The molecule has 30 heavy (non-hydrogen) atoms. The van der Waals surface area contributed by atoms with Crippen LogP contribution in [0.4, 0.5) is 15.9 Å². The number of nitrogens with one attached hydrogen (secondary N) is 3. The Bertz CT molecular complexity index is 1450. The van der Waals surface area contributed by atoms with Gasteiger partial charge in [0.25, 0.3) is 0 Å². The maximum atomic E-state index is 13.8. The van der Waals surface area contributed by atoms with Crippen LogP contribution in [0.2, 0.25) is 5.02 Å². The Morgan fingerprint density at radius 2 is 2.20 bits per heavy atom. The summed E-state index contributed by atoms with van der Waals surface area (Å²) in [7, 11) is 0. The fraction of sp³-hybridized carbons (Fsp3) is 0.158. The second kappa shape index (κ2) is 6.99. The number of rotatable bonds is 4. The minimum atomic E-state index is -0.545. The molecule has 3 aromatic heterocycles. The minimum absolute atomic E-state index is 0.0463. The van der Waals surface area contributed by atoms with Crippen molar-refractivity contribution in [2.75, 3.05) is 5.32 Å². The fourth-order valence-corrected chi connectivity index (χ4v) is 3.17. The minimum Gasteiger partial charge on any atom is -0.493 e. The number of hydrogen-bond acceptors (Lipinski definition) is 6. The molecule has 1 aromatic carbocycles. The first-order valence-corrected chi connectivity index (χ1v) is 9.52. The molecule has 1 aliphatic rings. The summed E-state index contributed by atoms with van der Waals surface area (Å²) in [5, 5.41) is 17.7. The van der Waals surface area contributed by atoms with Crippen molar-refractivity contribution in [1.29, 1.82) is 0 Å². The van der Waals surface area contributed by atoms with Gasteiger partial charge in [-0.05, 0) is 31.1 Å². The molecular weight excluding hydrogens is 413 g/mol. The molecule has 1 aliphatic carbocycles. The van der Waals surface area contributed by atoms with Crippen LogP contribution in [0.3, 0.4) is 0 Å². The molecule has 4 N–H and O–H groups in total. The first-order valence-electron chi connectivity index (χ1n) is 9.14. The molecule has 0 spiro atoms. The molecule has 1 saturated carbocycles. The predicted octanol–water partition coefficient (Wildman–Crippen LogP) is 1.60. The molecule has 152 valence electrons. The van der Waals surface area contributed by atoms with E-state index in [2.05, 4.69) is 30.4 Å². The lowest BCUT2D eigenvalue weighted by atomic mass is 10.3. The van der Waals surface area contributed by atoms with E-state index in [9.17, 15) is 14.3 Å². The van der Waals surface area contributed by atoms with E-state index < -0.39 is 11.5 Å². The summed E-state index contributed by atoms with van der Waals surface area (Å²) in [5.74, 6) is -0.435. The van der Waals surface area contributed by atoms with E-state index in [-0.39, 0.29) is 22.6 Å². The van der Waals surface area contributed by atoms with E-state index in [4.69, 9.17) is 11.6 Å². The van der Waals surface area contributed by atoms with Gasteiger partial charge in [0.1, 0.15) is 17.3 Å². The summed E-state index contributed by atoms with van der Waals surface area (Å²) in [5.41, 5.74) is 1.04. The molecule has 0 bridgehead atoms. The summed E-state index contributed by atoms with van der Waals surface area (Å²) in [4.78, 5) is 25.4. The Morgan fingerprint density at radius 1 is 1.37 bits per heavy atom. The second-order valence-corrected chi connectivity index (χ2v) is 7.29. The van der Waals surface area contributed by atoms with E-state index in [1.165, 1.54) is 6.07 Å². The van der Waals surface area contributed by atoms with E-state index in [0.717, 1.165) is 12.8 Å². The van der Waals surface area contributed by atoms with Crippen LogP contribution in [0.25, 0.3) is 11.7 Å². The SMILES string of the molecule is O=c1[nH]c(O)c(/C=c2/cnn3c(=NC4CC4)cc(Nc4cccc(F)c4Cl)nc23)[nH]1. The molecule has 1 fully saturated rings. The summed E-state index contributed by atoms with van der Waals surface area (Å²) >= 11 is 6.06. The molecule has 0 saturated heterocycles. The molecule has 0 unspecified atom stereocenters. The lowest BCUT2D eigenvalue weighted by Crippen LogP contribution is -2.20. The zero-order chi connectivity index (χ0) is 20.8. The molecule has 0 amide bonds. The van der Waals surface area contributed by atoms with Crippen LogP contribution in [-0.2, 0) is 0 Å². The summed E-state index contributed by atoms with van der Waals surface area (Å²) in [6, 6.07) is 6.38. The topological polar surface area (TPSA) is 123 Å². The van der Waals surface area contributed by atoms with Crippen LogP contribution < -0.4 is 21.7 Å². The first-order chi connectivity index (χ1) is 14.5. The third kappa shape index (κ3) is 3.41. The van der Waals surface area contributed by atoms with Gasteiger partial charge in [-0.3, -0.25) is 9.98 Å². The van der Waals surface area contributed by atoms with Crippen LogP contribution in [0.15, 0.2) is 40.2 Å². The van der Waals surface area contributed by atoms with Gasteiger partial charge < -0.3 is 15.4 Å². The Morgan fingerprint density at radius 3 is 2.93 bits per heavy atom. The number of imidazole rings is 1. The molecule has 4 aromatic rings. The highest BCUT2D eigenvalue weighted by atomic mass is 35.5. The normalized spacial score (nSPS) is 15.3. The van der Waals surface area contributed by atoms with Crippen LogP contribution in [0, 0.1) is 5.82 Å². The Kier molecular flexibility index (Phi) is 4.28. The van der Waals surface area contributed by atoms with Gasteiger partial charge >= 0.3 is 5.69 Å². The number of aromatic nitrogens is 5. The number of halogens is 2. The summed E-state index contributed by atoms with van der Waals surface area (Å²) in [6.45, 7) is 0. The van der Waals surface area contributed by atoms with Gasteiger partial charge in [0.2, 0.25) is 5.88 Å². The third-order valence-electron chi connectivity index (χ3n) is 4.59. The quantitative estimate of drug-likeness (QED) is 0.394. The van der Waals surface area contributed by atoms with E-state index in [0.29, 0.717) is 27.9 Å². The standard InChI is InChI=1S/C19H15ClFN7O2/c20-16-11(21)2-1-3-12(16)24-14-7-15(23-10-4-5-10)28-17(26-14)9(8-22-28)6-13-18(29)27-19(30)25-13/h1-3,6-8,10,24,29H,4-5H2,(H2,25,27,30)/b9-6-,23-15?. The number of anilines is 2. The van der Waals surface area contributed by atoms with Gasteiger partial charge in [-0.2, -0.15) is 9.61 Å². The Hall–Kier alpha value is -3.66. The average Bonchev–Trinajstić information content (AvgIpc) is 3.34. The molecule has 0 aliphatic heterocycles. The van der Waals surface area contributed by atoms with Gasteiger partial charge in [-0.1, -0.05) is 17.7 Å². The van der Waals surface area contributed by atoms with Gasteiger partial charge in [-0.25, -0.2) is 14.2 Å². The zero-order valence-electron chi connectivity index (χ0n) is 15.4. The maximum absolute atomic E-state index is 13.8. The van der Waals surface area contributed by atoms with Gasteiger partial charge in [0, 0.05) is 11.3 Å². The van der Waals surface area contributed by atoms with Gasteiger partial charge in [0.15, 0.2) is 11.1 Å². The third-order valence-corrected chi connectivity index (χ3v) is 4.98. The first kappa shape index (κ1) is 18.4. The van der Waals surface area contributed by atoms with Crippen molar-refractivity contribution in [3.05, 3.63) is 68.2 Å². The Labute approximate surface area is 172 Å². The van der Waals surface area contributed by atoms with Crippen molar-refractivity contribution in [3.8, 4) is 5.88 Å². The highest BCUT2D eigenvalue weighted by molar-refractivity contribution is 6.33. The number of fused-ring (bicyclic) bond motifs is 1. The molecule has 3 heterocycles. The lowest BCUT2D eigenvalue weighted by molar-refractivity contribution is 0.454. The average molecular weight is 428 g/mol. The van der Waals surface area contributed by atoms with Crippen molar-refractivity contribution >= 4 is 34.8 Å². The van der Waals surface area contributed by atoms with Crippen molar-refractivity contribution < 1.29 is 9.50 Å². The molecule has 5 rings (SSSR count). The lowest BCUT2D eigenvalue weighted by Gasteiger charge is -2.08. The second-order valence-electron chi connectivity index (χ2n) is 6.91. The van der Waals surface area contributed by atoms with Crippen molar-refractivity contribution in [3.63, 3.8) is 0 Å². The maximum Gasteiger partial charge on any atom is 0.326 e. The van der Waals surface area contributed by atoms with Crippen LogP contribution in [-0.4, -0.2) is 35.7 Å². The van der Waals surface area contributed by atoms with E-state index in [1.54, 1.807) is 35.0 Å². The molecule has 0 atom stereocenters. The number of nitrogens with zero attached hydrogens (tertiary/aromatic N) is 4. The number of benzene rings is 1. The Balaban J connectivity index is 1.69. The number of H-pyrrole nitrogens is 2. The summed E-state index contributed by atoms with van der Waals surface area (Å²) in [6.07, 6.45) is 5.10. The highest BCUT2D eigenvalue weighted by Gasteiger charge is 2.20. The van der Waals surface area contributed by atoms with Crippen LogP contribution in [0.1, 0.15) is 18.5 Å². The smallest absolute Gasteiger partial charge is 0.326 e. The van der Waals surface area contributed by atoms with Crippen molar-refractivity contribution in [2.45, 2.75) is 18.9 Å². The zero-order valence-corrected chi connectivity index (χ0v) is 16.1. The van der Waals surface area contributed by atoms with Gasteiger partial charge in [-0.15, -0.1) is 0 Å². The fourth-order valence-electron chi connectivity index (χ4n) is 3.00. The van der Waals surface area contributed by atoms with E-state index >= 15 is 0 Å². The molecule has 9 nitrogen and oxygen atoms in total. The molecule has 11 heteroatoms.